The van der Waals surface area contributed by atoms with Crippen LogP contribution in [0.4, 0.5) is 0 Å². The summed E-state index contributed by atoms with van der Waals surface area (Å²) in [5, 5.41) is 0. The average Bonchev–Trinajstić information content (AvgIpc) is 2.93. The van der Waals surface area contributed by atoms with Crippen LogP contribution in [0, 0.1) is 0 Å². The molecule has 0 N–H and O–H groups in total. The summed E-state index contributed by atoms with van der Waals surface area (Å²) in [5.74, 6) is 0.0302. The molecule has 0 radical (unpaired) electrons. The molecule has 2 unspecified atom stereocenters. The van der Waals surface area contributed by atoms with E-state index in [4.69, 9.17) is 4.74 Å². The van der Waals surface area contributed by atoms with E-state index in [0.717, 1.165) is 25.1 Å². The quantitative estimate of drug-likeness (QED) is 0.793. The van der Waals surface area contributed by atoms with Crippen LogP contribution >= 0.6 is 0 Å². The molecule has 2 fully saturated rings. The van der Waals surface area contributed by atoms with Crippen LogP contribution in [0.5, 0.6) is 0 Å². The first-order valence-corrected chi connectivity index (χ1v) is 8.69. The summed E-state index contributed by atoms with van der Waals surface area (Å²) in [6.45, 7) is 8.66. The van der Waals surface area contributed by atoms with Gasteiger partial charge in [0, 0.05) is 32.6 Å². The van der Waals surface area contributed by atoms with Crippen molar-refractivity contribution in [2.24, 2.45) is 0 Å². The molecule has 0 spiro atoms. The van der Waals surface area contributed by atoms with Gasteiger partial charge in [0.25, 0.3) is 0 Å². The van der Waals surface area contributed by atoms with E-state index in [1.165, 1.54) is 0 Å². The van der Waals surface area contributed by atoms with Crippen molar-refractivity contribution < 1.29 is 14.3 Å². The van der Waals surface area contributed by atoms with Crippen molar-refractivity contribution in [1.29, 1.82) is 0 Å². The fourth-order valence-electron chi connectivity index (χ4n) is 3.64. The molecular weight excluding hydrogens is 304 g/mol. The fraction of sp³-hybridized carbons (Fsp3) is 0.579. The average molecular weight is 330 g/mol. The lowest BCUT2D eigenvalue weighted by molar-refractivity contribution is -0.146. The maximum absolute atomic E-state index is 13.0. The van der Waals surface area contributed by atoms with Crippen molar-refractivity contribution >= 4 is 11.9 Å². The van der Waals surface area contributed by atoms with E-state index in [0.29, 0.717) is 13.1 Å². The van der Waals surface area contributed by atoms with E-state index in [-0.39, 0.29) is 24.0 Å². The molecule has 3 rings (SSSR count). The zero-order valence-corrected chi connectivity index (χ0v) is 14.7. The van der Waals surface area contributed by atoms with E-state index in [1.54, 1.807) is 0 Å². The highest BCUT2D eigenvalue weighted by Gasteiger charge is 2.40. The number of rotatable bonds is 3. The number of carbonyl (C=O) groups excluding carboxylic acids is 2. The molecule has 5 heteroatoms. The Labute approximate surface area is 143 Å². The molecule has 2 aliphatic rings. The van der Waals surface area contributed by atoms with Crippen LogP contribution < -0.4 is 0 Å². The van der Waals surface area contributed by atoms with Crippen LogP contribution in [0.2, 0.25) is 0 Å². The molecule has 1 aromatic carbocycles. The van der Waals surface area contributed by atoms with Crippen LogP contribution in [-0.4, -0.2) is 60.0 Å². The minimum absolute atomic E-state index is 0.000763. The van der Waals surface area contributed by atoms with E-state index in [1.807, 2.05) is 56.0 Å². The van der Waals surface area contributed by atoms with Gasteiger partial charge in [-0.1, -0.05) is 30.3 Å². The van der Waals surface area contributed by atoms with Gasteiger partial charge in [-0.3, -0.25) is 14.5 Å². The molecule has 2 atom stereocenters. The highest BCUT2D eigenvalue weighted by molar-refractivity contribution is 5.87. The summed E-state index contributed by atoms with van der Waals surface area (Å²) in [5.41, 5.74) is 0.496. The molecule has 24 heavy (non-hydrogen) atoms. The second kappa shape index (κ2) is 6.55. The number of hydrogen-bond donors (Lipinski definition) is 0. The Morgan fingerprint density at radius 2 is 1.75 bits per heavy atom. The van der Waals surface area contributed by atoms with Crippen LogP contribution in [0.25, 0.3) is 0 Å². The first-order chi connectivity index (χ1) is 11.4. The van der Waals surface area contributed by atoms with E-state index in [2.05, 4.69) is 4.90 Å². The second-order valence-electron chi connectivity index (χ2n) is 7.32. The fourth-order valence-corrected chi connectivity index (χ4v) is 3.64. The molecule has 130 valence electrons. The number of cyclic esters (lactones) is 1. The van der Waals surface area contributed by atoms with Gasteiger partial charge < -0.3 is 9.64 Å². The highest BCUT2D eigenvalue weighted by atomic mass is 16.6. The summed E-state index contributed by atoms with van der Waals surface area (Å²) in [6, 6.07) is 9.77. The molecular formula is C19H26N2O3. The van der Waals surface area contributed by atoms with Gasteiger partial charge in [0.2, 0.25) is 5.91 Å². The number of ether oxygens (including phenoxy) is 1. The normalized spacial score (nSPS) is 25.6. The standard InChI is InChI=1S/C19H26N2O3/c1-14-13-16(17(22)24-14)20-9-11-21(12-10-20)18(23)19(2,3)15-7-5-4-6-8-15/h4-8,14,16H,9-13H2,1-3H3. The Hall–Kier alpha value is -1.88. The van der Waals surface area contributed by atoms with Crippen LogP contribution in [-0.2, 0) is 19.7 Å². The van der Waals surface area contributed by atoms with Gasteiger partial charge in [-0.15, -0.1) is 0 Å². The SMILES string of the molecule is CC1CC(N2CCN(C(=O)C(C)(C)c3ccccc3)CC2)C(=O)O1. The first-order valence-electron chi connectivity index (χ1n) is 8.69. The minimum Gasteiger partial charge on any atom is -0.461 e. The number of carbonyl (C=O) groups is 2. The van der Waals surface area contributed by atoms with Gasteiger partial charge in [0.05, 0.1) is 5.41 Å². The first kappa shape index (κ1) is 17.0. The topological polar surface area (TPSA) is 49.9 Å². The lowest BCUT2D eigenvalue weighted by atomic mass is 9.83. The molecule has 2 aliphatic heterocycles. The predicted octanol–water partition coefficient (Wildman–Crippen LogP) is 1.81. The van der Waals surface area contributed by atoms with Crippen molar-refractivity contribution in [2.45, 2.75) is 44.8 Å². The predicted molar refractivity (Wildman–Crippen MR) is 91.6 cm³/mol. The molecule has 1 aromatic rings. The third kappa shape index (κ3) is 3.18. The molecule has 2 saturated heterocycles. The van der Waals surface area contributed by atoms with Crippen molar-refractivity contribution in [3.05, 3.63) is 35.9 Å². The third-order valence-corrected chi connectivity index (χ3v) is 5.22. The Morgan fingerprint density at radius 1 is 1.12 bits per heavy atom. The smallest absolute Gasteiger partial charge is 0.323 e. The van der Waals surface area contributed by atoms with Crippen molar-refractivity contribution in [3.63, 3.8) is 0 Å². The Morgan fingerprint density at radius 3 is 2.29 bits per heavy atom. The number of hydrogen-bond acceptors (Lipinski definition) is 4. The molecule has 1 amide bonds. The number of esters is 1. The summed E-state index contributed by atoms with van der Waals surface area (Å²) in [4.78, 5) is 29.0. The Kier molecular flexibility index (Phi) is 4.63. The molecule has 2 heterocycles. The van der Waals surface area contributed by atoms with Gasteiger partial charge in [0.15, 0.2) is 0 Å². The van der Waals surface area contributed by atoms with Crippen LogP contribution in [0.1, 0.15) is 32.8 Å². The number of benzene rings is 1. The van der Waals surface area contributed by atoms with Crippen molar-refractivity contribution in [1.82, 2.24) is 9.80 Å². The molecule has 0 aliphatic carbocycles. The van der Waals surface area contributed by atoms with Crippen LogP contribution in [0.15, 0.2) is 30.3 Å². The maximum atomic E-state index is 13.0. The van der Waals surface area contributed by atoms with Crippen molar-refractivity contribution in [3.8, 4) is 0 Å². The van der Waals surface area contributed by atoms with Gasteiger partial charge in [-0.05, 0) is 26.3 Å². The largest absolute Gasteiger partial charge is 0.461 e. The second-order valence-corrected chi connectivity index (χ2v) is 7.32. The Bertz CT molecular complexity index is 606. The summed E-state index contributed by atoms with van der Waals surface area (Å²) in [6.07, 6.45) is 0.752. The third-order valence-electron chi connectivity index (χ3n) is 5.22. The van der Waals surface area contributed by atoms with Gasteiger partial charge >= 0.3 is 5.97 Å². The Balaban J connectivity index is 1.62. The number of nitrogens with zero attached hydrogens (tertiary/aromatic N) is 2. The molecule has 0 saturated carbocycles. The molecule has 5 nitrogen and oxygen atoms in total. The van der Waals surface area contributed by atoms with Gasteiger partial charge in [-0.2, -0.15) is 0 Å². The molecule has 0 bridgehead atoms. The lowest BCUT2D eigenvalue weighted by Gasteiger charge is -2.40. The van der Waals surface area contributed by atoms with E-state index < -0.39 is 5.41 Å². The highest BCUT2D eigenvalue weighted by Crippen LogP contribution is 2.27. The lowest BCUT2D eigenvalue weighted by Crippen LogP contribution is -2.56. The number of amides is 1. The number of piperazine rings is 1. The zero-order chi connectivity index (χ0) is 17.3. The molecule has 0 aromatic heterocycles. The van der Waals surface area contributed by atoms with Gasteiger partial charge in [-0.25, -0.2) is 0 Å². The van der Waals surface area contributed by atoms with Gasteiger partial charge in [0.1, 0.15) is 12.1 Å². The summed E-state index contributed by atoms with van der Waals surface area (Å²) < 4.78 is 5.25. The van der Waals surface area contributed by atoms with Crippen molar-refractivity contribution in [2.75, 3.05) is 26.2 Å². The summed E-state index contributed by atoms with van der Waals surface area (Å²) >= 11 is 0. The van der Waals surface area contributed by atoms with Crippen LogP contribution in [0.3, 0.4) is 0 Å². The zero-order valence-electron chi connectivity index (χ0n) is 14.7. The summed E-state index contributed by atoms with van der Waals surface area (Å²) in [7, 11) is 0. The van der Waals surface area contributed by atoms with E-state index >= 15 is 0 Å². The monoisotopic (exact) mass is 330 g/mol. The maximum Gasteiger partial charge on any atom is 0.323 e. The minimum atomic E-state index is -0.537. The van der Waals surface area contributed by atoms with E-state index in [9.17, 15) is 9.59 Å².